The molecule has 1 aliphatic carbocycles. The maximum Gasteiger partial charge on any atom is 0.329 e. The minimum Gasteiger partial charge on any atom is -0.460 e. The van der Waals surface area contributed by atoms with E-state index >= 15 is 0 Å². The highest BCUT2D eigenvalue weighted by molar-refractivity contribution is 6.39. The molecule has 1 saturated carbocycles. The zero-order valence-electron chi connectivity index (χ0n) is 54.2. The summed E-state index contributed by atoms with van der Waals surface area (Å²) in [5.74, 6) is -7.50. The van der Waals surface area contributed by atoms with E-state index in [0.29, 0.717) is 128 Å². The molecule has 4 aliphatic heterocycles. The fourth-order valence-corrected chi connectivity index (χ4v) is 13.1. The van der Waals surface area contributed by atoms with Crippen LogP contribution in [0.15, 0.2) is 60.0 Å². The Bertz CT molecular complexity index is 2570. The van der Waals surface area contributed by atoms with Gasteiger partial charge in [0.15, 0.2) is 5.78 Å². The Hall–Kier alpha value is -5.26. The van der Waals surface area contributed by atoms with E-state index < -0.39 is 96.1 Å². The van der Waals surface area contributed by atoms with Crippen molar-refractivity contribution in [2.45, 2.75) is 212 Å². The lowest BCUT2D eigenvalue weighted by Crippen LogP contribution is -2.61. The number of aliphatic hydroxyl groups is 3. The summed E-state index contributed by atoms with van der Waals surface area (Å²) in [5.41, 5.74) is 2.07. The number of methoxy groups -OCH3 is 3. The van der Waals surface area contributed by atoms with Crippen molar-refractivity contribution in [1.82, 2.24) is 19.8 Å². The fourth-order valence-electron chi connectivity index (χ4n) is 13.1. The van der Waals surface area contributed by atoms with E-state index in [-0.39, 0.29) is 61.2 Å². The Morgan fingerprint density at radius 2 is 1.53 bits per heavy atom. The Balaban J connectivity index is 1.16. The number of esters is 2. The van der Waals surface area contributed by atoms with E-state index in [4.69, 9.17) is 33.2 Å². The number of piperidine rings is 1. The maximum absolute atomic E-state index is 14.7. The van der Waals surface area contributed by atoms with E-state index in [9.17, 15) is 44.1 Å². The van der Waals surface area contributed by atoms with Gasteiger partial charge in [-0.15, -0.1) is 0 Å². The lowest BCUT2D eigenvalue weighted by atomic mass is 9.78. The smallest absolute Gasteiger partial charge is 0.329 e. The summed E-state index contributed by atoms with van der Waals surface area (Å²) in [6.07, 6.45) is 14.3. The average molecular weight is 1230 g/mol. The van der Waals surface area contributed by atoms with Crippen LogP contribution in [0.5, 0.6) is 0 Å². The summed E-state index contributed by atoms with van der Waals surface area (Å²) in [6.45, 7) is 18.2. The molecule has 3 saturated heterocycles. The normalized spacial score (nSPS) is 34.7. The lowest BCUT2D eigenvalue weighted by Gasteiger charge is -2.43. The largest absolute Gasteiger partial charge is 0.460 e. The second kappa shape index (κ2) is 34.8. The molecular weight excluding hydrogens is 1130 g/mol. The third-order valence-corrected chi connectivity index (χ3v) is 18.8. The van der Waals surface area contributed by atoms with Gasteiger partial charge in [0.05, 0.1) is 37.4 Å². The second-order valence-corrected chi connectivity index (χ2v) is 25.5. The van der Waals surface area contributed by atoms with Gasteiger partial charge in [0, 0.05) is 110 Å². The van der Waals surface area contributed by atoms with E-state index in [1.54, 1.807) is 53.5 Å². The van der Waals surface area contributed by atoms with Crippen LogP contribution in [0.4, 0.5) is 5.95 Å². The minimum atomic E-state index is -2.46. The Labute approximate surface area is 522 Å². The highest BCUT2D eigenvalue weighted by Crippen LogP contribution is 2.39. The first-order valence-electron chi connectivity index (χ1n) is 32.3. The van der Waals surface area contributed by atoms with Gasteiger partial charge in [-0.2, -0.15) is 0 Å². The summed E-state index contributed by atoms with van der Waals surface area (Å²) in [7, 11) is 4.55. The molecular formula is C67H103N5O16. The summed E-state index contributed by atoms with van der Waals surface area (Å²) >= 11 is 0. The van der Waals surface area contributed by atoms with Crippen LogP contribution in [0, 0.1) is 35.5 Å². The van der Waals surface area contributed by atoms with Crippen molar-refractivity contribution in [1.29, 1.82) is 0 Å². The van der Waals surface area contributed by atoms with Crippen LogP contribution in [0.3, 0.4) is 0 Å². The number of aliphatic hydroxyl groups excluding tert-OH is 2. The summed E-state index contributed by atoms with van der Waals surface area (Å²) in [6, 6.07) is -1.17. The van der Waals surface area contributed by atoms with Gasteiger partial charge in [-0.1, -0.05) is 71.1 Å². The van der Waals surface area contributed by atoms with Crippen molar-refractivity contribution in [2.75, 3.05) is 72.2 Å². The molecule has 0 aromatic carbocycles. The van der Waals surface area contributed by atoms with Gasteiger partial charge in [0.2, 0.25) is 17.6 Å². The van der Waals surface area contributed by atoms with E-state index in [0.717, 1.165) is 11.1 Å². The lowest BCUT2D eigenvalue weighted by molar-refractivity contribution is -0.265. The number of nitrogens with zero attached hydrogens (tertiary/aromatic N) is 5. The van der Waals surface area contributed by atoms with Crippen LogP contribution in [0.1, 0.15) is 151 Å². The monoisotopic (exact) mass is 1230 g/mol. The average Bonchev–Trinajstić information content (AvgIpc) is 1.16. The number of carbonyl (C=O) groups excluding carboxylic acids is 6. The van der Waals surface area contributed by atoms with Crippen LogP contribution < -0.4 is 4.90 Å². The number of ketones is 2. The minimum absolute atomic E-state index is 0.00346. The fraction of sp³-hybridized carbons (Fsp3) is 0.731. The first-order chi connectivity index (χ1) is 42.0. The maximum atomic E-state index is 14.7. The highest BCUT2D eigenvalue weighted by atomic mass is 16.6. The van der Waals surface area contributed by atoms with E-state index in [2.05, 4.69) is 9.97 Å². The zero-order chi connectivity index (χ0) is 64.2. The molecule has 6 rings (SSSR count). The second-order valence-electron chi connectivity index (χ2n) is 25.5. The molecule has 0 spiro atoms. The molecule has 16 atom stereocenters. The third kappa shape index (κ3) is 19.9. The molecule has 88 heavy (non-hydrogen) atoms. The van der Waals surface area contributed by atoms with Crippen molar-refractivity contribution < 1.29 is 77.2 Å². The number of aryl methyl sites for hydroxylation is 1. The number of rotatable bonds is 15. The van der Waals surface area contributed by atoms with E-state index in [1.165, 1.54) is 12.0 Å². The number of fused-ring (bicyclic) bond motifs is 3. The number of anilines is 1. The molecule has 2 bridgehead atoms. The summed E-state index contributed by atoms with van der Waals surface area (Å²) < 4.78 is 41.6. The number of hydrogen-bond acceptors (Lipinski definition) is 19. The Morgan fingerprint density at radius 3 is 2.22 bits per heavy atom. The molecule has 5 aliphatic rings. The number of carbonyl (C=O) groups is 6. The number of amides is 2. The molecule has 1 aromatic rings. The predicted molar refractivity (Wildman–Crippen MR) is 330 cm³/mol. The van der Waals surface area contributed by atoms with Gasteiger partial charge < -0.3 is 63.2 Å². The van der Waals surface area contributed by atoms with Gasteiger partial charge in [0.25, 0.3) is 11.7 Å². The van der Waals surface area contributed by atoms with Crippen LogP contribution in [0.2, 0.25) is 0 Å². The van der Waals surface area contributed by atoms with Crippen molar-refractivity contribution >= 4 is 41.3 Å². The number of hydrogen-bond donors (Lipinski definition) is 3. The first-order valence-corrected chi connectivity index (χ1v) is 32.3. The number of Topliss-reactive ketones (excluding diaryl/α,β-unsaturated/α-hetero) is 2. The van der Waals surface area contributed by atoms with Crippen molar-refractivity contribution in [3.63, 3.8) is 0 Å². The number of piperazine rings is 1. The first kappa shape index (κ1) is 71.8. The molecule has 3 N–H and O–H groups in total. The number of ether oxygens (including phenoxy) is 7. The van der Waals surface area contributed by atoms with Gasteiger partial charge in [0.1, 0.15) is 30.5 Å². The molecule has 2 amide bonds. The molecule has 0 unspecified atom stereocenters. The van der Waals surface area contributed by atoms with Crippen LogP contribution in [-0.4, -0.2) is 198 Å². The Morgan fingerprint density at radius 1 is 0.807 bits per heavy atom. The number of allylic oxidation sites excluding steroid dienone is 5. The van der Waals surface area contributed by atoms with Crippen molar-refractivity contribution in [3.05, 3.63) is 65.6 Å². The van der Waals surface area contributed by atoms with E-state index in [1.807, 2.05) is 74.8 Å². The van der Waals surface area contributed by atoms with Gasteiger partial charge >= 0.3 is 11.9 Å². The Kier molecular flexibility index (Phi) is 28.4. The predicted octanol–water partition coefficient (Wildman–Crippen LogP) is 7.02. The summed E-state index contributed by atoms with van der Waals surface area (Å²) in [5, 5.41) is 35.8. The molecule has 4 fully saturated rings. The van der Waals surface area contributed by atoms with Crippen LogP contribution in [0.25, 0.3) is 0 Å². The molecule has 492 valence electrons. The molecule has 5 heterocycles. The summed E-state index contributed by atoms with van der Waals surface area (Å²) in [4.78, 5) is 97.7. The van der Waals surface area contributed by atoms with Crippen molar-refractivity contribution in [3.8, 4) is 0 Å². The van der Waals surface area contributed by atoms with Gasteiger partial charge in [-0.25, -0.2) is 14.8 Å². The van der Waals surface area contributed by atoms with Gasteiger partial charge in [-0.3, -0.25) is 24.0 Å². The highest BCUT2D eigenvalue weighted by Gasteiger charge is 2.53. The van der Waals surface area contributed by atoms with Gasteiger partial charge in [-0.05, 0) is 126 Å². The molecule has 21 nitrogen and oxygen atoms in total. The van der Waals surface area contributed by atoms with Crippen molar-refractivity contribution in [2.24, 2.45) is 35.5 Å². The SMILES string of the molecule is CCOCCC(=O)N1CCN(c2ncc(CCC(=O)O[C@@H]3CC[C@@H](C[C@@H](C)[C@@H]4C[C@@H](O)[C@H](C)/C=C(\C)[C@@H](O)[C@@H](OC)C(=O)[C@H](C)C[C@H](C)/C=C/C=C/C=C(\C)[C@@H](OC)C[C@@H]5CC[C@@H](C)[C@@](O)(O5)C(=O)C(=O)N5CCCC[C@H]5C(=O)O4)C[C@H]3OC)cn2)CC1. The third-order valence-electron chi connectivity index (χ3n) is 18.8. The molecule has 1 aromatic heterocycles. The standard InChI is InChI=1S/C67H103N5O16/c1-12-85-33-27-58(74)70-29-31-71(32-30-70)66-68-40-50(41-69-66)23-26-59(75)86-54-25-22-49(37-57(54)83-10)36-45(5)56-39-53(73)44(4)35-47(7)61(77)62(84-11)60(76)46(6)34-42(2)18-14-13-15-19-43(3)55(82-9)38-51-24-21-48(8)67(81,88-51)63(78)64(79)72-28-17-16-20-52(72)65(80)87-56/h13-15,18-19,35,40-42,44-46,48-49,51-57,61-62,73,77,81H,12,16-17,20-34,36-39H2,1-11H3/b15-13+,18-14+,43-19+,47-35+/t42-,44-,45-,46-,48-,49+,51+,52+,53-,54-,55+,56+,57-,61-,62+,67-/m1/s1. The number of aromatic nitrogens is 2. The zero-order valence-corrected chi connectivity index (χ0v) is 54.2. The quantitative estimate of drug-likeness (QED) is 0.0689. The number of cyclic esters (lactones) is 1. The molecule has 0 radical (unpaired) electrons. The van der Waals surface area contributed by atoms with Crippen LogP contribution in [-0.2, 0) is 68.3 Å². The molecule has 21 heteroatoms. The topological polar surface area (TPSA) is 263 Å². The van der Waals surface area contributed by atoms with Crippen LogP contribution >= 0.6 is 0 Å².